The topological polar surface area (TPSA) is 24.9 Å². The Hall–Kier alpha value is -1.62. The number of pyridine rings is 1. The van der Waals surface area contributed by atoms with E-state index >= 15 is 0 Å². The predicted molar refractivity (Wildman–Crippen MR) is 78.9 cm³/mol. The standard InChI is InChI=1S/C15H16F2N2S/c1-2-7-18-15-6-3-11(9-19-15)10-20-12-4-5-13(16)14(17)8-12/h3-6,8-9H,2,7,10H2,1H3,(H,18,19). The fraction of sp³-hybridized carbons (Fsp3) is 0.267. The highest BCUT2D eigenvalue weighted by molar-refractivity contribution is 7.98. The molecule has 0 aliphatic heterocycles. The molecule has 0 aliphatic rings. The molecule has 0 saturated carbocycles. The molecule has 2 aromatic rings. The second-order valence-corrected chi connectivity index (χ2v) is 5.39. The van der Waals surface area contributed by atoms with Crippen molar-refractivity contribution in [2.75, 3.05) is 11.9 Å². The maximum Gasteiger partial charge on any atom is 0.159 e. The van der Waals surface area contributed by atoms with E-state index in [9.17, 15) is 8.78 Å². The summed E-state index contributed by atoms with van der Waals surface area (Å²) in [6.45, 7) is 3.00. The minimum absolute atomic E-state index is 0.673. The Kier molecular flexibility index (Phi) is 5.35. The first-order valence-electron chi connectivity index (χ1n) is 6.45. The predicted octanol–water partition coefficient (Wildman–Crippen LogP) is 4.47. The van der Waals surface area contributed by atoms with Crippen LogP contribution in [0.1, 0.15) is 18.9 Å². The van der Waals surface area contributed by atoms with Crippen molar-refractivity contribution in [3.05, 3.63) is 53.7 Å². The van der Waals surface area contributed by atoms with Crippen LogP contribution in [0.4, 0.5) is 14.6 Å². The zero-order valence-corrected chi connectivity index (χ0v) is 12.0. The van der Waals surface area contributed by atoms with Crippen LogP contribution in [0.3, 0.4) is 0 Å². The van der Waals surface area contributed by atoms with Crippen LogP contribution >= 0.6 is 11.8 Å². The minimum atomic E-state index is -0.817. The van der Waals surface area contributed by atoms with Crippen molar-refractivity contribution < 1.29 is 8.78 Å². The van der Waals surface area contributed by atoms with Gasteiger partial charge in [0.1, 0.15) is 5.82 Å². The monoisotopic (exact) mass is 294 g/mol. The number of hydrogen-bond donors (Lipinski definition) is 1. The van der Waals surface area contributed by atoms with Crippen LogP contribution in [0, 0.1) is 11.6 Å². The van der Waals surface area contributed by atoms with Gasteiger partial charge in [0.15, 0.2) is 11.6 Å². The molecular weight excluding hydrogens is 278 g/mol. The van der Waals surface area contributed by atoms with Crippen molar-refractivity contribution >= 4 is 17.6 Å². The summed E-state index contributed by atoms with van der Waals surface area (Å²) in [5, 5.41) is 3.20. The molecule has 0 radical (unpaired) electrons. The molecule has 0 saturated heterocycles. The van der Waals surface area contributed by atoms with E-state index in [4.69, 9.17) is 0 Å². The summed E-state index contributed by atoms with van der Waals surface area (Å²) in [4.78, 5) is 5.01. The molecule has 0 aliphatic carbocycles. The van der Waals surface area contributed by atoms with E-state index < -0.39 is 11.6 Å². The summed E-state index contributed by atoms with van der Waals surface area (Å²) >= 11 is 1.45. The average Bonchev–Trinajstić information content (AvgIpc) is 2.47. The molecule has 20 heavy (non-hydrogen) atoms. The second-order valence-electron chi connectivity index (χ2n) is 4.34. The number of nitrogens with one attached hydrogen (secondary N) is 1. The number of aromatic nitrogens is 1. The number of hydrogen-bond acceptors (Lipinski definition) is 3. The number of rotatable bonds is 6. The third kappa shape index (κ3) is 4.20. The van der Waals surface area contributed by atoms with Gasteiger partial charge in [-0.2, -0.15) is 0 Å². The quantitative estimate of drug-likeness (QED) is 0.795. The molecule has 5 heteroatoms. The first-order valence-corrected chi connectivity index (χ1v) is 7.44. The van der Waals surface area contributed by atoms with Crippen molar-refractivity contribution in [2.24, 2.45) is 0 Å². The Bertz CT molecular complexity index is 558. The van der Waals surface area contributed by atoms with Crippen LogP contribution < -0.4 is 5.32 Å². The zero-order chi connectivity index (χ0) is 14.4. The number of thioether (sulfide) groups is 1. The van der Waals surface area contributed by atoms with Crippen LogP contribution in [-0.4, -0.2) is 11.5 Å². The normalized spacial score (nSPS) is 10.6. The fourth-order valence-electron chi connectivity index (χ4n) is 1.60. The van der Waals surface area contributed by atoms with Gasteiger partial charge >= 0.3 is 0 Å². The summed E-state index contributed by atoms with van der Waals surface area (Å²) in [6.07, 6.45) is 2.85. The lowest BCUT2D eigenvalue weighted by Crippen LogP contribution is -2.01. The second kappa shape index (κ2) is 7.24. The van der Waals surface area contributed by atoms with E-state index in [0.29, 0.717) is 10.6 Å². The van der Waals surface area contributed by atoms with Gasteiger partial charge in [-0.25, -0.2) is 13.8 Å². The zero-order valence-electron chi connectivity index (χ0n) is 11.2. The maximum absolute atomic E-state index is 13.1. The first kappa shape index (κ1) is 14.8. The van der Waals surface area contributed by atoms with Gasteiger partial charge < -0.3 is 5.32 Å². The average molecular weight is 294 g/mol. The van der Waals surface area contributed by atoms with Gasteiger partial charge in [-0.3, -0.25) is 0 Å². The molecule has 1 N–H and O–H groups in total. The summed E-state index contributed by atoms with van der Waals surface area (Å²) < 4.78 is 25.9. The molecule has 0 fully saturated rings. The van der Waals surface area contributed by atoms with E-state index in [-0.39, 0.29) is 0 Å². The summed E-state index contributed by atoms with van der Waals surface area (Å²) in [5.74, 6) is -0.102. The lowest BCUT2D eigenvalue weighted by atomic mass is 10.3. The summed E-state index contributed by atoms with van der Waals surface area (Å²) in [7, 11) is 0. The minimum Gasteiger partial charge on any atom is -0.370 e. The smallest absolute Gasteiger partial charge is 0.159 e. The van der Waals surface area contributed by atoms with Crippen molar-refractivity contribution in [1.29, 1.82) is 0 Å². The molecule has 1 aromatic heterocycles. The van der Waals surface area contributed by atoms with E-state index in [1.54, 1.807) is 12.3 Å². The maximum atomic E-state index is 13.1. The van der Waals surface area contributed by atoms with Gasteiger partial charge in [-0.05, 0) is 36.2 Å². The van der Waals surface area contributed by atoms with Gasteiger partial charge in [0.25, 0.3) is 0 Å². The number of benzene rings is 1. The van der Waals surface area contributed by atoms with E-state index in [1.807, 2.05) is 12.1 Å². The highest BCUT2D eigenvalue weighted by Crippen LogP contribution is 2.24. The molecule has 106 valence electrons. The number of nitrogens with zero attached hydrogens (tertiary/aromatic N) is 1. The molecule has 2 nitrogen and oxygen atoms in total. The molecule has 0 atom stereocenters. The highest BCUT2D eigenvalue weighted by Gasteiger charge is 2.03. The van der Waals surface area contributed by atoms with Crippen molar-refractivity contribution in [3.63, 3.8) is 0 Å². The largest absolute Gasteiger partial charge is 0.370 e. The molecule has 1 heterocycles. The molecule has 0 bridgehead atoms. The lowest BCUT2D eigenvalue weighted by molar-refractivity contribution is 0.506. The number of halogens is 2. The first-order chi connectivity index (χ1) is 9.69. The van der Waals surface area contributed by atoms with Crippen molar-refractivity contribution in [3.8, 4) is 0 Å². The van der Waals surface area contributed by atoms with Crippen LogP contribution in [0.25, 0.3) is 0 Å². The third-order valence-corrected chi connectivity index (χ3v) is 3.74. The third-order valence-electron chi connectivity index (χ3n) is 2.68. The summed E-state index contributed by atoms with van der Waals surface area (Å²) in [5.41, 5.74) is 1.04. The lowest BCUT2D eigenvalue weighted by Gasteiger charge is -2.05. The Morgan fingerprint density at radius 3 is 2.65 bits per heavy atom. The molecule has 0 unspecified atom stereocenters. The Labute approximate surface area is 121 Å². The van der Waals surface area contributed by atoms with Crippen LogP contribution in [0.5, 0.6) is 0 Å². The SMILES string of the molecule is CCCNc1ccc(CSc2ccc(F)c(F)c2)cn1. The molecule has 1 aromatic carbocycles. The van der Waals surface area contributed by atoms with Crippen LogP contribution in [0.15, 0.2) is 41.4 Å². The molecule has 0 spiro atoms. The van der Waals surface area contributed by atoms with Crippen molar-refractivity contribution in [2.45, 2.75) is 24.0 Å². The Morgan fingerprint density at radius 1 is 1.15 bits per heavy atom. The summed E-state index contributed by atoms with van der Waals surface area (Å²) in [6, 6.07) is 7.85. The van der Waals surface area contributed by atoms with Gasteiger partial charge in [0.05, 0.1) is 0 Å². The number of anilines is 1. The van der Waals surface area contributed by atoms with E-state index in [0.717, 1.165) is 30.4 Å². The van der Waals surface area contributed by atoms with Gasteiger partial charge in [-0.1, -0.05) is 13.0 Å². The fourth-order valence-corrected chi connectivity index (χ4v) is 2.46. The van der Waals surface area contributed by atoms with Gasteiger partial charge in [0.2, 0.25) is 0 Å². The molecule has 0 amide bonds. The Morgan fingerprint density at radius 2 is 2.00 bits per heavy atom. The molecule has 2 rings (SSSR count). The van der Waals surface area contributed by atoms with E-state index in [1.165, 1.54) is 17.8 Å². The molecular formula is C15H16F2N2S. The van der Waals surface area contributed by atoms with Crippen LogP contribution in [-0.2, 0) is 5.75 Å². The van der Waals surface area contributed by atoms with Crippen LogP contribution in [0.2, 0.25) is 0 Å². The van der Waals surface area contributed by atoms with Gasteiger partial charge in [-0.15, -0.1) is 11.8 Å². The van der Waals surface area contributed by atoms with Crippen molar-refractivity contribution in [1.82, 2.24) is 4.98 Å². The van der Waals surface area contributed by atoms with E-state index in [2.05, 4.69) is 17.2 Å². The Balaban J connectivity index is 1.91. The highest BCUT2D eigenvalue weighted by atomic mass is 32.2. The van der Waals surface area contributed by atoms with Gasteiger partial charge in [0, 0.05) is 23.4 Å².